The molecule has 2 aromatic carbocycles. The van der Waals surface area contributed by atoms with Gasteiger partial charge >= 0.3 is 0 Å². The van der Waals surface area contributed by atoms with Gasteiger partial charge in [-0.3, -0.25) is 9.80 Å². The molecule has 4 atom stereocenters. The van der Waals surface area contributed by atoms with E-state index in [1.807, 2.05) is 9.80 Å². The van der Waals surface area contributed by atoms with Crippen LogP contribution >= 0.6 is 0 Å². The van der Waals surface area contributed by atoms with E-state index >= 15 is 0 Å². The number of nitrogens with zero attached hydrogens (tertiary/aromatic N) is 2. The molecule has 172 valence electrons. The summed E-state index contributed by atoms with van der Waals surface area (Å²) in [6.45, 7) is 0.553. The van der Waals surface area contributed by atoms with Gasteiger partial charge in [-0.25, -0.2) is 25.6 Å². The molecule has 0 amide bonds. The average Bonchev–Trinajstić information content (AvgIpc) is 3.19. The van der Waals surface area contributed by atoms with Gasteiger partial charge in [0.2, 0.25) is 0 Å². The van der Waals surface area contributed by atoms with Crippen LogP contribution in [0, 0.1) is 11.6 Å². The second-order valence-electron chi connectivity index (χ2n) is 9.03. The molecule has 0 radical (unpaired) electrons. The Kier molecular flexibility index (Phi) is 5.39. The quantitative estimate of drug-likeness (QED) is 0.659. The van der Waals surface area contributed by atoms with Crippen LogP contribution < -0.4 is 0 Å². The summed E-state index contributed by atoms with van der Waals surface area (Å²) in [6.07, 6.45) is 0. The van der Waals surface area contributed by atoms with Crippen molar-refractivity contribution < 1.29 is 25.6 Å². The van der Waals surface area contributed by atoms with E-state index in [0.29, 0.717) is 11.1 Å². The number of halogens is 2. The minimum atomic E-state index is -3.34. The van der Waals surface area contributed by atoms with Crippen LogP contribution in [-0.4, -0.2) is 73.8 Å². The lowest BCUT2D eigenvalue weighted by Gasteiger charge is -2.51. The molecule has 3 aliphatic heterocycles. The van der Waals surface area contributed by atoms with Crippen molar-refractivity contribution in [2.75, 3.05) is 23.0 Å². The van der Waals surface area contributed by atoms with Gasteiger partial charge in [-0.15, -0.1) is 0 Å². The molecule has 3 heterocycles. The van der Waals surface area contributed by atoms with Crippen molar-refractivity contribution in [3.8, 4) is 0 Å². The Labute approximate surface area is 186 Å². The van der Waals surface area contributed by atoms with Gasteiger partial charge in [0, 0.05) is 37.3 Å². The Morgan fingerprint density at radius 2 is 1.00 bits per heavy atom. The Morgan fingerprint density at radius 1 is 0.656 bits per heavy atom. The summed E-state index contributed by atoms with van der Waals surface area (Å²) in [5.41, 5.74) is 1.35. The van der Waals surface area contributed by atoms with Crippen LogP contribution in [0.25, 0.3) is 0 Å². The van der Waals surface area contributed by atoms with Crippen molar-refractivity contribution >= 4 is 19.7 Å². The summed E-state index contributed by atoms with van der Waals surface area (Å²) in [6, 6.07) is 10.5. The zero-order chi connectivity index (χ0) is 22.7. The topological polar surface area (TPSA) is 74.8 Å². The summed E-state index contributed by atoms with van der Waals surface area (Å²) < 4.78 is 78.2. The van der Waals surface area contributed by atoms with E-state index in [4.69, 9.17) is 0 Å². The molecule has 3 saturated heterocycles. The van der Waals surface area contributed by atoms with E-state index in [9.17, 15) is 25.6 Å². The molecule has 3 fully saturated rings. The Morgan fingerprint density at radius 3 is 1.31 bits per heavy atom. The van der Waals surface area contributed by atoms with Gasteiger partial charge in [0.05, 0.1) is 23.0 Å². The molecule has 0 saturated carbocycles. The lowest BCUT2D eigenvalue weighted by molar-refractivity contribution is -0.0342. The maximum Gasteiger partial charge on any atom is 0.153 e. The Hall–Kier alpha value is -1.88. The number of hydrogen-bond donors (Lipinski definition) is 0. The summed E-state index contributed by atoms with van der Waals surface area (Å²) in [5, 5.41) is 0. The number of hydrogen-bond acceptors (Lipinski definition) is 6. The van der Waals surface area contributed by atoms with E-state index in [0.717, 1.165) is 0 Å². The first-order chi connectivity index (χ1) is 15.1. The van der Waals surface area contributed by atoms with E-state index < -0.39 is 55.5 Å². The van der Waals surface area contributed by atoms with Crippen molar-refractivity contribution in [1.82, 2.24) is 9.80 Å². The van der Waals surface area contributed by atoms with Gasteiger partial charge in [0.15, 0.2) is 19.7 Å². The van der Waals surface area contributed by atoms with Crippen LogP contribution in [0.2, 0.25) is 0 Å². The fraction of sp³-hybridized carbons (Fsp3) is 0.455. The zero-order valence-corrected chi connectivity index (χ0v) is 18.9. The van der Waals surface area contributed by atoms with Crippen LogP contribution in [-0.2, 0) is 32.8 Å². The summed E-state index contributed by atoms with van der Waals surface area (Å²) in [7, 11) is -6.67. The first-order valence-electron chi connectivity index (χ1n) is 10.5. The van der Waals surface area contributed by atoms with Crippen molar-refractivity contribution in [3.05, 3.63) is 71.3 Å². The third-order valence-electron chi connectivity index (χ3n) is 6.80. The highest BCUT2D eigenvalue weighted by Gasteiger charge is 2.57. The third kappa shape index (κ3) is 4.21. The lowest BCUT2D eigenvalue weighted by Crippen LogP contribution is -2.67. The number of piperazine rings is 1. The van der Waals surface area contributed by atoms with Crippen molar-refractivity contribution in [2.24, 2.45) is 0 Å². The van der Waals surface area contributed by atoms with Crippen LogP contribution in [0.1, 0.15) is 11.1 Å². The van der Waals surface area contributed by atoms with E-state index in [-0.39, 0.29) is 36.1 Å². The minimum Gasteiger partial charge on any atom is -0.288 e. The summed E-state index contributed by atoms with van der Waals surface area (Å²) in [4.78, 5) is 3.92. The first-order valence-corrected chi connectivity index (χ1v) is 14.2. The highest BCUT2D eigenvalue weighted by Crippen LogP contribution is 2.39. The molecule has 0 unspecified atom stereocenters. The highest BCUT2D eigenvalue weighted by molar-refractivity contribution is 7.92. The van der Waals surface area contributed by atoms with Gasteiger partial charge in [-0.05, 0) is 35.4 Å². The normalized spacial score (nSPS) is 31.3. The molecule has 6 nitrogen and oxygen atoms in total. The second-order valence-corrected chi connectivity index (χ2v) is 13.3. The SMILES string of the molecule is O=S1(=O)C[C@@H]2[C@@H](C1)N(Cc1cccc(F)c1)[C@H]1CS(=O)(=O)C[C@H]1N2Cc1cccc(F)c1. The van der Waals surface area contributed by atoms with E-state index in [2.05, 4.69) is 0 Å². The smallest absolute Gasteiger partial charge is 0.153 e. The van der Waals surface area contributed by atoms with Crippen molar-refractivity contribution in [2.45, 2.75) is 37.3 Å². The molecular weight excluding hydrogens is 458 g/mol. The Balaban J connectivity index is 1.54. The molecule has 5 rings (SSSR count). The van der Waals surface area contributed by atoms with Gasteiger partial charge in [-0.2, -0.15) is 0 Å². The van der Waals surface area contributed by atoms with E-state index in [1.165, 1.54) is 24.3 Å². The first kappa shape index (κ1) is 21.9. The lowest BCUT2D eigenvalue weighted by atomic mass is 9.93. The fourth-order valence-electron chi connectivity index (χ4n) is 5.54. The maximum atomic E-state index is 13.8. The fourth-order valence-corrected chi connectivity index (χ4v) is 9.55. The molecule has 2 aromatic rings. The van der Waals surface area contributed by atoms with Gasteiger partial charge < -0.3 is 0 Å². The average molecular weight is 483 g/mol. The minimum absolute atomic E-state index is 0.0735. The van der Waals surface area contributed by atoms with Gasteiger partial charge in [0.1, 0.15) is 11.6 Å². The molecular formula is C22H24F2N2O4S2. The molecule has 0 aromatic heterocycles. The molecule has 0 bridgehead atoms. The molecule has 10 heteroatoms. The third-order valence-corrected chi connectivity index (χ3v) is 10.2. The Bertz CT molecular complexity index is 1120. The number of fused-ring (bicyclic) bond motifs is 2. The van der Waals surface area contributed by atoms with Crippen molar-refractivity contribution in [1.29, 1.82) is 0 Å². The zero-order valence-electron chi connectivity index (χ0n) is 17.3. The summed E-state index contributed by atoms with van der Waals surface area (Å²) >= 11 is 0. The standard InChI is InChI=1S/C22H24F2N2O4S2/c23-17-5-1-3-15(7-17)9-25-19-11-31(27,28)13-21(19)26(10-16-4-2-6-18(24)8-16)22-14-32(29,30)12-20(22)25/h1-8,19-22H,9-14H2/t19-,20-,21-,22+/m1/s1. The predicted molar refractivity (Wildman–Crippen MR) is 116 cm³/mol. The van der Waals surface area contributed by atoms with Crippen LogP contribution in [0.3, 0.4) is 0 Å². The maximum absolute atomic E-state index is 13.8. The molecule has 0 aliphatic carbocycles. The number of sulfone groups is 2. The molecule has 32 heavy (non-hydrogen) atoms. The van der Waals surface area contributed by atoms with Gasteiger partial charge in [0.25, 0.3) is 0 Å². The monoisotopic (exact) mass is 482 g/mol. The van der Waals surface area contributed by atoms with Crippen molar-refractivity contribution in [3.63, 3.8) is 0 Å². The second kappa shape index (κ2) is 7.86. The molecule has 0 spiro atoms. The van der Waals surface area contributed by atoms with Crippen LogP contribution in [0.5, 0.6) is 0 Å². The number of benzene rings is 2. The molecule has 0 N–H and O–H groups in total. The highest BCUT2D eigenvalue weighted by atomic mass is 32.2. The van der Waals surface area contributed by atoms with E-state index in [1.54, 1.807) is 24.3 Å². The molecule has 3 aliphatic rings. The number of rotatable bonds is 4. The van der Waals surface area contributed by atoms with Gasteiger partial charge in [-0.1, -0.05) is 24.3 Å². The van der Waals surface area contributed by atoms with Crippen LogP contribution in [0.15, 0.2) is 48.5 Å². The summed E-state index contributed by atoms with van der Waals surface area (Å²) in [5.74, 6) is -1.07. The predicted octanol–water partition coefficient (Wildman–Crippen LogP) is 1.61. The van der Waals surface area contributed by atoms with Crippen LogP contribution in [0.4, 0.5) is 8.78 Å². The largest absolute Gasteiger partial charge is 0.288 e.